The molecule has 1 unspecified atom stereocenters. The zero-order chi connectivity index (χ0) is 16.2. The Kier molecular flexibility index (Phi) is 8.72. The number of rotatable bonds is 9. The molecule has 5 heteroatoms. The summed E-state index contributed by atoms with van der Waals surface area (Å²) >= 11 is 0. The van der Waals surface area contributed by atoms with Crippen LogP contribution in [0.25, 0.3) is 0 Å². The molecule has 1 aromatic carbocycles. The first-order chi connectivity index (χ1) is 10.6. The van der Waals surface area contributed by atoms with Gasteiger partial charge < -0.3 is 15.8 Å². The largest absolute Gasteiger partial charge is 0.461 e. The summed E-state index contributed by atoms with van der Waals surface area (Å²) in [5, 5.41) is 3.10. The first kappa shape index (κ1) is 18.0. The maximum absolute atomic E-state index is 11.6. The van der Waals surface area contributed by atoms with Crippen LogP contribution in [0.1, 0.15) is 45.1 Å². The van der Waals surface area contributed by atoms with Crippen molar-refractivity contribution in [1.29, 1.82) is 0 Å². The zero-order valence-electron chi connectivity index (χ0n) is 13.5. The van der Waals surface area contributed by atoms with Crippen LogP contribution in [0.3, 0.4) is 0 Å². The van der Waals surface area contributed by atoms with Gasteiger partial charge in [0.15, 0.2) is 5.96 Å². The summed E-state index contributed by atoms with van der Waals surface area (Å²) in [6.45, 7) is 5.11. The molecule has 0 aromatic heterocycles. The summed E-state index contributed by atoms with van der Waals surface area (Å²) in [7, 11) is 0. The van der Waals surface area contributed by atoms with Crippen molar-refractivity contribution >= 4 is 11.9 Å². The minimum atomic E-state index is -0.168. The Morgan fingerprint density at radius 3 is 2.73 bits per heavy atom. The molecular formula is C17H27N3O2. The summed E-state index contributed by atoms with van der Waals surface area (Å²) < 4.78 is 5.21. The highest BCUT2D eigenvalue weighted by Crippen LogP contribution is 2.04. The number of carbonyl (C=O) groups excluding carboxylic acids is 1. The number of ether oxygens (including phenoxy) is 1. The highest BCUT2D eigenvalue weighted by atomic mass is 16.5. The van der Waals surface area contributed by atoms with Gasteiger partial charge in [0.2, 0.25) is 0 Å². The third-order valence-electron chi connectivity index (χ3n) is 3.32. The Labute approximate surface area is 133 Å². The molecule has 1 aromatic rings. The standard InChI is InChI=1S/C17H27N3O2/c1-3-14(2)20-17(18)19-12-8-7-11-16(21)22-13-15-9-5-4-6-10-15/h4-6,9-10,14H,3,7-8,11-13H2,1-2H3,(H3,18,19,20). The molecule has 0 bridgehead atoms. The summed E-state index contributed by atoms with van der Waals surface area (Å²) in [5.41, 5.74) is 6.76. The number of benzene rings is 1. The maximum Gasteiger partial charge on any atom is 0.306 e. The minimum absolute atomic E-state index is 0.168. The molecule has 3 N–H and O–H groups in total. The van der Waals surface area contributed by atoms with E-state index in [4.69, 9.17) is 10.5 Å². The quantitative estimate of drug-likeness (QED) is 0.318. The molecule has 0 heterocycles. The van der Waals surface area contributed by atoms with Crippen LogP contribution in [0.4, 0.5) is 0 Å². The number of guanidine groups is 1. The Balaban J connectivity index is 2.09. The van der Waals surface area contributed by atoms with Crippen LogP contribution < -0.4 is 11.1 Å². The van der Waals surface area contributed by atoms with Gasteiger partial charge in [0, 0.05) is 19.0 Å². The molecule has 22 heavy (non-hydrogen) atoms. The lowest BCUT2D eigenvalue weighted by Gasteiger charge is -2.11. The van der Waals surface area contributed by atoms with Gasteiger partial charge in [0.25, 0.3) is 0 Å². The molecule has 0 spiro atoms. The van der Waals surface area contributed by atoms with Gasteiger partial charge in [0.05, 0.1) is 0 Å². The van der Waals surface area contributed by atoms with E-state index in [0.29, 0.717) is 31.6 Å². The van der Waals surface area contributed by atoms with Crippen molar-refractivity contribution in [3.05, 3.63) is 35.9 Å². The third kappa shape index (κ3) is 8.29. The Bertz CT molecular complexity index is 460. The van der Waals surface area contributed by atoms with Crippen molar-refractivity contribution in [2.75, 3.05) is 6.54 Å². The van der Waals surface area contributed by atoms with Gasteiger partial charge >= 0.3 is 5.97 Å². The van der Waals surface area contributed by atoms with Crippen molar-refractivity contribution in [3.8, 4) is 0 Å². The molecule has 0 aliphatic heterocycles. The Hall–Kier alpha value is -2.04. The number of aliphatic imine (C=N–C) groups is 1. The van der Waals surface area contributed by atoms with E-state index >= 15 is 0 Å². The lowest BCUT2D eigenvalue weighted by Crippen LogP contribution is -2.38. The molecule has 0 fully saturated rings. The number of esters is 1. The number of hydrogen-bond acceptors (Lipinski definition) is 3. The van der Waals surface area contributed by atoms with E-state index in [0.717, 1.165) is 24.8 Å². The zero-order valence-corrected chi connectivity index (χ0v) is 13.5. The van der Waals surface area contributed by atoms with Gasteiger partial charge in [-0.15, -0.1) is 0 Å². The predicted octanol–water partition coefficient (Wildman–Crippen LogP) is 2.60. The normalized spacial score (nSPS) is 12.7. The average molecular weight is 305 g/mol. The summed E-state index contributed by atoms with van der Waals surface area (Å²) in [6.07, 6.45) is 3.00. The van der Waals surface area contributed by atoms with E-state index in [1.165, 1.54) is 0 Å². The maximum atomic E-state index is 11.6. The van der Waals surface area contributed by atoms with Crippen LogP contribution >= 0.6 is 0 Å². The SMILES string of the molecule is CCC(C)NC(N)=NCCCCC(=O)OCc1ccccc1. The molecule has 0 saturated heterocycles. The minimum Gasteiger partial charge on any atom is -0.461 e. The van der Waals surface area contributed by atoms with Crippen molar-refractivity contribution in [2.45, 2.75) is 52.2 Å². The molecule has 1 atom stereocenters. The fraction of sp³-hybridized carbons (Fsp3) is 0.529. The van der Waals surface area contributed by atoms with E-state index in [2.05, 4.69) is 24.2 Å². The average Bonchev–Trinajstić information content (AvgIpc) is 2.53. The highest BCUT2D eigenvalue weighted by molar-refractivity contribution is 5.78. The van der Waals surface area contributed by atoms with E-state index in [9.17, 15) is 4.79 Å². The smallest absolute Gasteiger partial charge is 0.306 e. The number of unbranched alkanes of at least 4 members (excludes halogenated alkanes) is 1. The molecule has 0 amide bonds. The van der Waals surface area contributed by atoms with Gasteiger partial charge in [-0.2, -0.15) is 0 Å². The predicted molar refractivity (Wildman–Crippen MR) is 89.5 cm³/mol. The van der Waals surface area contributed by atoms with Crippen LogP contribution in [0, 0.1) is 0 Å². The second-order valence-electron chi connectivity index (χ2n) is 5.32. The van der Waals surface area contributed by atoms with Gasteiger partial charge in [-0.3, -0.25) is 9.79 Å². The number of nitrogens with two attached hydrogens (primary N) is 1. The van der Waals surface area contributed by atoms with Gasteiger partial charge in [-0.1, -0.05) is 37.3 Å². The van der Waals surface area contributed by atoms with Crippen molar-refractivity contribution in [2.24, 2.45) is 10.7 Å². The van der Waals surface area contributed by atoms with Crippen molar-refractivity contribution in [1.82, 2.24) is 5.32 Å². The van der Waals surface area contributed by atoms with Gasteiger partial charge in [0.1, 0.15) is 6.61 Å². The first-order valence-corrected chi connectivity index (χ1v) is 7.87. The van der Waals surface area contributed by atoms with Crippen LogP contribution in [-0.2, 0) is 16.1 Å². The second-order valence-corrected chi connectivity index (χ2v) is 5.32. The van der Waals surface area contributed by atoms with Crippen LogP contribution in [0.15, 0.2) is 35.3 Å². The molecule has 5 nitrogen and oxygen atoms in total. The molecule has 0 aliphatic rings. The number of nitrogens with one attached hydrogen (secondary N) is 1. The first-order valence-electron chi connectivity index (χ1n) is 7.87. The molecule has 1 rings (SSSR count). The van der Waals surface area contributed by atoms with Gasteiger partial charge in [-0.25, -0.2) is 0 Å². The van der Waals surface area contributed by atoms with Crippen LogP contribution in [-0.4, -0.2) is 24.5 Å². The summed E-state index contributed by atoms with van der Waals surface area (Å²) in [4.78, 5) is 15.8. The van der Waals surface area contributed by atoms with Crippen molar-refractivity contribution in [3.63, 3.8) is 0 Å². The number of hydrogen-bond donors (Lipinski definition) is 2. The third-order valence-corrected chi connectivity index (χ3v) is 3.32. The molecule has 0 aliphatic carbocycles. The second kappa shape index (κ2) is 10.7. The monoisotopic (exact) mass is 305 g/mol. The van der Waals surface area contributed by atoms with Crippen LogP contribution in [0.5, 0.6) is 0 Å². The summed E-state index contributed by atoms with van der Waals surface area (Å²) in [6, 6.07) is 10.0. The molecule has 122 valence electrons. The Morgan fingerprint density at radius 1 is 1.32 bits per heavy atom. The number of nitrogens with zero attached hydrogens (tertiary/aromatic N) is 1. The van der Waals surface area contributed by atoms with Crippen LogP contribution in [0.2, 0.25) is 0 Å². The van der Waals surface area contributed by atoms with E-state index in [1.807, 2.05) is 30.3 Å². The van der Waals surface area contributed by atoms with Gasteiger partial charge in [-0.05, 0) is 31.7 Å². The molecule has 0 saturated carbocycles. The highest BCUT2D eigenvalue weighted by Gasteiger charge is 2.03. The topological polar surface area (TPSA) is 76.7 Å². The van der Waals surface area contributed by atoms with E-state index in [-0.39, 0.29) is 5.97 Å². The van der Waals surface area contributed by atoms with E-state index in [1.54, 1.807) is 0 Å². The fourth-order valence-electron chi connectivity index (χ4n) is 1.79. The van der Waals surface area contributed by atoms with Crippen molar-refractivity contribution < 1.29 is 9.53 Å². The lowest BCUT2D eigenvalue weighted by atomic mass is 10.2. The Morgan fingerprint density at radius 2 is 2.05 bits per heavy atom. The molecular weight excluding hydrogens is 278 g/mol. The van der Waals surface area contributed by atoms with E-state index < -0.39 is 0 Å². The fourth-order valence-corrected chi connectivity index (χ4v) is 1.79. The summed E-state index contributed by atoms with van der Waals surface area (Å²) in [5.74, 6) is 0.305. The number of carbonyl (C=O) groups is 1. The molecule has 0 radical (unpaired) electrons. The lowest BCUT2D eigenvalue weighted by molar-refractivity contribution is -0.145.